The lowest BCUT2D eigenvalue weighted by Gasteiger charge is -2.30. The summed E-state index contributed by atoms with van der Waals surface area (Å²) in [6.45, 7) is 5.37. The van der Waals surface area contributed by atoms with Gasteiger partial charge in [-0.15, -0.1) is 0 Å². The van der Waals surface area contributed by atoms with E-state index < -0.39 is 35.4 Å². The van der Waals surface area contributed by atoms with Crippen LogP contribution in [0.5, 0.6) is 5.75 Å². The lowest BCUT2D eigenvalue weighted by molar-refractivity contribution is -0.184. The Labute approximate surface area is 191 Å². The zero-order valence-corrected chi connectivity index (χ0v) is 19.0. The van der Waals surface area contributed by atoms with E-state index in [1.54, 1.807) is 45.0 Å². The molecule has 8 heteroatoms. The van der Waals surface area contributed by atoms with E-state index in [1.165, 1.54) is 0 Å². The Balaban J connectivity index is 1.82. The molecular formula is C25H30F3NO4. The molecule has 5 nitrogen and oxygen atoms in total. The molecule has 0 spiro atoms. The second-order valence-electron chi connectivity index (χ2n) is 9.84. The molecule has 0 bridgehead atoms. The average molecular weight is 466 g/mol. The summed E-state index contributed by atoms with van der Waals surface area (Å²) in [7, 11) is 0. The third-order valence-electron chi connectivity index (χ3n) is 6.29. The second-order valence-corrected chi connectivity index (χ2v) is 9.84. The number of carboxylic acid groups (broad SMARTS) is 1. The van der Waals surface area contributed by atoms with E-state index in [0.717, 1.165) is 5.39 Å². The molecule has 2 N–H and O–H groups in total. The number of hydrogen-bond acceptors (Lipinski definition) is 3. The van der Waals surface area contributed by atoms with Crippen molar-refractivity contribution in [1.29, 1.82) is 0 Å². The molecule has 1 atom stereocenters. The van der Waals surface area contributed by atoms with Gasteiger partial charge in [0, 0.05) is 5.39 Å². The number of fused-ring (bicyclic) bond motifs is 1. The van der Waals surface area contributed by atoms with Crippen LogP contribution < -0.4 is 10.1 Å². The number of rotatable bonds is 6. The molecule has 0 aliphatic heterocycles. The minimum absolute atomic E-state index is 0.0418. The van der Waals surface area contributed by atoms with Gasteiger partial charge in [0.15, 0.2) is 0 Å². The van der Waals surface area contributed by atoms with Crippen molar-refractivity contribution in [2.45, 2.75) is 58.7 Å². The third kappa shape index (κ3) is 5.97. The van der Waals surface area contributed by atoms with Crippen molar-refractivity contribution in [3.05, 3.63) is 42.0 Å². The van der Waals surface area contributed by atoms with Crippen LogP contribution in [0.3, 0.4) is 0 Å². The predicted molar refractivity (Wildman–Crippen MR) is 119 cm³/mol. The first-order chi connectivity index (χ1) is 15.4. The quantitative estimate of drug-likeness (QED) is 0.564. The van der Waals surface area contributed by atoms with Gasteiger partial charge in [-0.3, -0.25) is 4.79 Å². The molecule has 1 saturated carbocycles. The van der Waals surface area contributed by atoms with Gasteiger partial charge >= 0.3 is 12.1 Å². The van der Waals surface area contributed by atoms with E-state index >= 15 is 0 Å². The van der Waals surface area contributed by atoms with Crippen molar-refractivity contribution >= 4 is 22.6 Å². The normalized spacial score (nSPS) is 20.3. The van der Waals surface area contributed by atoms with E-state index in [1.807, 2.05) is 12.1 Å². The topological polar surface area (TPSA) is 75.6 Å². The first-order valence-electron chi connectivity index (χ1n) is 11.1. The summed E-state index contributed by atoms with van der Waals surface area (Å²) in [5, 5.41) is 13.7. The van der Waals surface area contributed by atoms with Gasteiger partial charge in [-0.1, -0.05) is 51.1 Å². The van der Waals surface area contributed by atoms with Crippen molar-refractivity contribution in [2.75, 3.05) is 6.61 Å². The fourth-order valence-corrected chi connectivity index (χ4v) is 4.29. The van der Waals surface area contributed by atoms with E-state index in [-0.39, 0.29) is 30.9 Å². The fourth-order valence-electron chi connectivity index (χ4n) is 4.29. The number of alkyl halides is 3. The first-order valence-corrected chi connectivity index (χ1v) is 11.1. The summed E-state index contributed by atoms with van der Waals surface area (Å²) in [5.74, 6) is -2.70. The highest BCUT2D eigenvalue weighted by atomic mass is 19.4. The number of aliphatic carboxylic acids is 1. The SMILES string of the molecule is CC(C)(C)[C@H](NC(=O)c1ccc2ccccc2c1OC[C@H]1CC[C@@H](C(F)(F)F)CC1)C(=O)O. The van der Waals surface area contributed by atoms with Crippen LogP contribution in [0.2, 0.25) is 0 Å². The Bertz CT molecular complexity index is 1000. The van der Waals surface area contributed by atoms with Gasteiger partial charge in [-0.05, 0) is 48.5 Å². The van der Waals surface area contributed by atoms with Gasteiger partial charge in [0.1, 0.15) is 11.8 Å². The van der Waals surface area contributed by atoms with Gasteiger partial charge in [-0.25, -0.2) is 4.79 Å². The number of carbonyl (C=O) groups excluding carboxylic acids is 1. The van der Waals surface area contributed by atoms with E-state index in [0.29, 0.717) is 24.0 Å². The standard InChI is InChI=1S/C25H30F3NO4/c1-24(2,3)21(23(31)32)29-22(30)19-13-10-16-6-4-5-7-18(16)20(19)33-14-15-8-11-17(12-9-15)25(26,27)28/h4-7,10,13,15,17,21H,8-9,11-12,14H2,1-3H3,(H,29,30)(H,31,32)/t15-,17+,21-/m1/s1. The van der Waals surface area contributed by atoms with E-state index in [2.05, 4.69) is 5.32 Å². The number of hydrogen-bond donors (Lipinski definition) is 2. The minimum atomic E-state index is -4.17. The number of ether oxygens (including phenoxy) is 1. The van der Waals surface area contributed by atoms with Crippen molar-refractivity contribution < 1.29 is 32.6 Å². The molecule has 0 radical (unpaired) electrons. The zero-order valence-electron chi connectivity index (χ0n) is 19.0. The Hall–Kier alpha value is -2.77. The molecule has 2 aromatic carbocycles. The number of halogens is 3. The molecule has 2 aromatic rings. The Morgan fingerprint density at radius 1 is 1.06 bits per heavy atom. The molecule has 1 amide bonds. The molecule has 0 heterocycles. The minimum Gasteiger partial charge on any atom is -0.492 e. The molecular weight excluding hydrogens is 435 g/mol. The molecule has 1 fully saturated rings. The number of carboxylic acids is 1. The maximum Gasteiger partial charge on any atom is 0.391 e. The molecule has 0 saturated heterocycles. The zero-order chi connectivity index (χ0) is 24.4. The van der Waals surface area contributed by atoms with Gasteiger partial charge in [0.25, 0.3) is 5.91 Å². The van der Waals surface area contributed by atoms with Crippen molar-refractivity contribution in [1.82, 2.24) is 5.32 Å². The second kappa shape index (κ2) is 9.61. The summed E-state index contributed by atoms with van der Waals surface area (Å²) in [4.78, 5) is 24.8. The lowest BCUT2D eigenvalue weighted by Crippen LogP contribution is -2.49. The number of nitrogens with one attached hydrogen (secondary N) is 1. The Morgan fingerprint density at radius 3 is 2.27 bits per heavy atom. The predicted octanol–water partition coefficient (Wildman–Crippen LogP) is 5.82. The van der Waals surface area contributed by atoms with Crippen molar-refractivity contribution in [3.63, 3.8) is 0 Å². The van der Waals surface area contributed by atoms with Crippen LogP contribution in [0.15, 0.2) is 36.4 Å². The maximum atomic E-state index is 13.1. The highest BCUT2D eigenvalue weighted by Gasteiger charge is 2.41. The van der Waals surface area contributed by atoms with Crippen LogP contribution >= 0.6 is 0 Å². The number of amides is 1. The van der Waals surface area contributed by atoms with E-state index in [9.17, 15) is 27.9 Å². The first kappa shape index (κ1) is 24.9. The fraction of sp³-hybridized carbons (Fsp3) is 0.520. The monoisotopic (exact) mass is 465 g/mol. The maximum absolute atomic E-state index is 13.1. The number of benzene rings is 2. The summed E-state index contributed by atoms with van der Waals surface area (Å²) < 4.78 is 45.0. The number of carbonyl (C=O) groups is 2. The highest BCUT2D eigenvalue weighted by Crippen LogP contribution is 2.40. The Morgan fingerprint density at radius 2 is 1.70 bits per heavy atom. The molecule has 1 aliphatic carbocycles. The largest absolute Gasteiger partial charge is 0.492 e. The van der Waals surface area contributed by atoms with Crippen LogP contribution in [0.4, 0.5) is 13.2 Å². The van der Waals surface area contributed by atoms with Crippen LogP contribution in [-0.2, 0) is 4.79 Å². The van der Waals surface area contributed by atoms with Crippen LogP contribution in [0.1, 0.15) is 56.8 Å². The molecule has 1 aliphatic rings. The van der Waals surface area contributed by atoms with Crippen LogP contribution in [0, 0.1) is 17.3 Å². The summed E-state index contributed by atoms with van der Waals surface area (Å²) >= 11 is 0. The molecule has 33 heavy (non-hydrogen) atoms. The van der Waals surface area contributed by atoms with Crippen molar-refractivity contribution in [3.8, 4) is 5.75 Å². The highest BCUT2D eigenvalue weighted by molar-refractivity contribution is 6.05. The lowest BCUT2D eigenvalue weighted by atomic mass is 9.82. The Kier molecular flexibility index (Phi) is 7.24. The molecule has 0 unspecified atom stereocenters. The summed E-state index contributed by atoms with van der Waals surface area (Å²) in [6.07, 6.45) is -3.21. The molecule has 180 valence electrons. The van der Waals surface area contributed by atoms with Gasteiger partial charge in [0.05, 0.1) is 18.1 Å². The van der Waals surface area contributed by atoms with Crippen LogP contribution in [0.25, 0.3) is 10.8 Å². The third-order valence-corrected chi connectivity index (χ3v) is 6.29. The van der Waals surface area contributed by atoms with Gasteiger partial charge < -0.3 is 15.2 Å². The summed E-state index contributed by atoms with van der Waals surface area (Å²) in [6, 6.07) is 9.58. The van der Waals surface area contributed by atoms with Gasteiger partial charge in [-0.2, -0.15) is 13.2 Å². The molecule has 0 aromatic heterocycles. The smallest absolute Gasteiger partial charge is 0.391 e. The average Bonchev–Trinajstić information content (AvgIpc) is 2.74. The van der Waals surface area contributed by atoms with Gasteiger partial charge in [0.2, 0.25) is 0 Å². The van der Waals surface area contributed by atoms with Crippen LogP contribution in [-0.4, -0.2) is 35.8 Å². The summed E-state index contributed by atoms with van der Waals surface area (Å²) in [5.41, 5.74) is -0.510. The molecule has 3 rings (SSSR count). The van der Waals surface area contributed by atoms with Crippen molar-refractivity contribution in [2.24, 2.45) is 17.3 Å². The van der Waals surface area contributed by atoms with E-state index in [4.69, 9.17) is 4.74 Å².